The number of Topliss-reactive ketones (excluding diaryl/α,β-unsaturated/α-hetero) is 1. The molecule has 1 atom stereocenters. The number of fused-ring (bicyclic) bond motifs is 1. The summed E-state index contributed by atoms with van der Waals surface area (Å²) in [4.78, 5) is 28.5. The Bertz CT molecular complexity index is 1310. The highest BCUT2D eigenvalue weighted by molar-refractivity contribution is 7.98. The van der Waals surface area contributed by atoms with Crippen molar-refractivity contribution in [3.05, 3.63) is 86.6 Å². The van der Waals surface area contributed by atoms with E-state index >= 15 is 0 Å². The number of aromatic nitrogens is 3. The molecule has 2 heterocycles. The first-order chi connectivity index (χ1) is 16.2. The van der Waals surface area contributed by atoms with Gasteiger partial charge in [0.1, 0.15) is 6.04 Å². The smallest absolute Gasteiger partial charge is 0.269 e. The van der Waals surface area contributed by atoms with Crippen molar-refractivity contribution in [3.8, 4) is 0 Å². The first kappa shape index (κ1) is 22.3. The van der Waals surface area contributed by atoms with Crippen LogP contribution in [-0.4, -0.2) is 25.5 Å². The van der Waals surface area contributed by atoms with E-state index in [9.17, 15) is 14.9 Å². The molecule has 1 aromatic heterocycles. The third-order valence-corrected chi connectivity index (χ3v) is 7.13. The summed E-state index contributed by atoms with van der Waals surface area (Å²) in [6, 6.07) is 14.4. The number of nitro groups is 1. The molecule has 1 unspecified atom stereocenters. The van der Waals surface area contributed by atoms with Gasteiger partial charge in [0.25, 0.3) is 5.69 Å². The molecule has 1 aliphatic carbocycles. The van der Waals surface area contributed by atoms with Crippen molar-refractivity contribution in [2.75, 3.05) is 5.32 Å². The number of rotatable bonds is 5. The second kappa shape index (κ2) is 8.39. The average molecular weight is 476 g/mol. The van der Waals surface area contributed by atoms with Crippen LogP contribution in [-0.2, 0) is 10.5 Å². The van der Waals surface area contributed by atoms with Gasteiger partial charge in [0.05, 0.1) is 4.92 Å². The third-order valence-electron chi connectivity index (χ3n) is 6.22. The minimum absolute atomic E-state index is 0.0683. The van der Waals surface area contributed by atoms with Gasteiger partial charge in [-0.3, -0.25) is 14.9 Å². The second-order valence-corrected chi connectivity index (χ2v) is 10.6. The molecule has 1 aliphatic heterocycles. The van der Waals surface area contributed by atoms with Crippen molar-refractivity contribution in [1.82, 2.24) is 14.8 Å². The Kier molecular flexibility index (Phi) is 5.51. The summed E-state index contributed by atoms with van der Waals surface area (Å²) >= 11 is 1.46. The summed E-state index contributed by atoms with van der Waals surface area (Å²) < 4.78 is 1.82. The topological polar surface area (TPSA) is 103 Å². The van der Waals surface area contributed by atoms with Crippen molar-refractivity contribution in [1.29, 1.82) is 0 Å². The Morgan fingerprint density at radius 2 is 1.85 bits per heavy atom. The van der Waals surface area contributed by atoms with Crippen molar-refractivity contribution in [2.45, 2.75) is 50.6 Å². The number of benzene rings is 2. The summed E-state index contributed by atoms with van der Waals surface area (Å²) in [5, 5.41) is 19.6. The van der Waals surface area contributed by atoms with Crippen LogP contribution >= 0.6 is 11.8 Å². The first-order valence-corrected chi connectivity index (χ1v) is 12.1. The Hall–Kier alpha value is -3.46. The van der Waals surface area contributed by atoms with Gasteiger partial charge in [-0.05, 0) is 29.9 Å². The van der Waals surface area contributed by atoms with Gasteiger partial charge in [-0.1, -0.05) is 67.6 Å². The third kappa shape index (κ3) is 4.23. The molecular weight excluding hydrogens is 450 g/mol. The quantitative estimate of drug-likeness (QED) is 0.297. The standard InChI is InChI=1S/C25H25N5O3S/c1-15-4-8-17(9-5-15)22-21-19(12-25(2,3)13-20(21)31)26-23-27-24(28-29(22)23)34-14-16-6-10-18(11-7-16)30(32)33/h4-11,22H,12-14H2,1-3H3,(H,26,27,28). The second-order valence-electron chi connectivity index (χ2n) is 9.65. The number of ketones is 1. The maximum absolute atomic E-state index is 13.3. The molecule has 34 heavy (non-hydrogen) atoms. The Morgan fingerprint density at radius 3 is 2.53 bits per heavy atom. The SMILES string of the molecule is Cc1ccc(C2C3=C(CC(C)(C)CC3=O)Nc3nc(SCc4ccc([N+](=O)[O-])cc4)nn32)cc1. The van der Waals surface area contributed by atoms with Crippen molar-refractivity contribution >= 4 is 29.2 Å². The molecule has 0 saturated heterocycles. The maximum Gasteiger partial charge on any atom is 0.269 e. The zero-order valence-electron chi connectivity index (χ0n) is 19.2. The van der Waals surface area contributed by atoms with Crippen LogP contribution < -0.4 is 5.32 Å². The number of carbonyl (C=O) groups is 1. The van der Waals surface area contributed by atoms with E-state index in [2.05, 4.69) is 43.4 Å². The largest absolute Gasteiger partial charge is 0.328 e. The molecule has 174 valence electrons. The van der Waals surface area contributed by atoms with Crippen LogP contribution in [0.5, 0.6) is 0 Å². The van der Waals surface area contributed by atoms with Crippen molar-refractivity contribution < 1.29 is 9.72 Å². The Morgan fingerprint density at radius 1 is 1.15 bits per heavy atom. The van der Waals surface area contributed by atoms with Crippen LogP contribution in [0.4, 0.5) is 11.6 Å². The van der Waals surface area contributed by atoms with E-state index in [1.165, 1.54) is 23.9 Å². The minimum Gasteiger partial charge on any atom is -0.328 e. The van der Waals surface area contributed by atoms with Crippen LogP contribution in [0.25, 0.3) is 0 Å². The molecule has 1 N–H and O–H groups in total. The maximum atomic E-state index is 13.3. The van der Waals surface area contributed by atoms with E-state index in [4.69, 9.17) is 10.1 Å². The number of nitrogens with one attached hydrogen (secondary N) is 1. The van der Waals surface area contributed by atoms with Gasteiger partial charge < -0.3 is 5.32 Å². The molecule has 0 fully saturated rings. The number of thioether (sulfide) groups is 1. The van der Waals surface area contributed by atoms with Crippen LogP contribution in [0.2, 0.25) is 0 Å². The van der Waals surface area contributed by atoms with Gasteiger partial charge in [0.2, 0.25) is 11.1 Å². The number of carbonyl (C=O) groups excluding carboxylic acids is 1. The van der Waals surface area contributed by atoms with E-state index < -0.39 is 4.92 Å². The highest BCUT2D eigenvalue weighted by Gasteiger charge is 2.41. The molecule has 0 bridgehead atoms. The van der Waals surface area contributed by atoms with Gasteiger partial charge in [0.15, 0.2) is 5.78 Å². The van der Waals surface area contributed by atoms with E-state index in [1.54, 1.807) is 12.1 Å². The van der Waals surface area contributed by atoms with Crippen LogP contribution in [0, 0.1) is 22.5 Å². The fraction of sp³-hybridized carbons (Fsp3) is 0.320. The molecule has 0 amide bonds. The highest BCUT2D eigenvalue weighted by atomic mass is 32.2. The number of nitrogens with zero attached hydrogens (tertiary/aromatic N) is 4. The molecule has 2 aliphatic rings. The fourth-order valence-corrected chi connectivity index (χ4v) is 5.35. The lowest BCUT2D eigenvalue weighted by molar-refractivity contribution is -0.384. The molecule has 3 aromatic rings. The molecule has 0 saturated carbocycles. The van der Waals surface area contributed by atoms with E-state index in [1.807, 2.05) is 11.6 Å². The summed E-state index contributed by atoms with van der Waals surface area (Å²) in [6.07, 6.45) is 1.27. The normalized spacial score (nSPS) is 18.8. The molecule has 5 rings (SSSR count). The molecule has 9 heteroatoms. The summed E-state index contributed by atoms with van der Waals surface area (Å²) in [5.41, 5.74) is 4.76. The van der Waals surface area contributed by atoms with Gasteiger partial charge in [-0.15, -0.1) is 5.10 Å². The molecule has 8 nitrogen and oxygen atoms in total. The van der Waals surface area contributed by atoms with Crippen LogP contribution in [0.15, 0.2) is 65.0 Å². The minimum atomic E-state index is -0.407. The summed E-state index contributed by atoms with van der Waals surface area (Å²) in [5.74, 6) is 1.35. The number of allylic oxidation sites excluding steroid dienone is 2. The number of hydrogen-bond donors (Lipinski definition) is 1. The predicted molar refractivity (Wildman–Crippen MR) is 131 cm³/mol. The monoisotopic (exact) mass is 475 g/mol. The van der Waals surface area contributed by atoms with Crippen molar-refractivity contribution in [3.63, 3.8) is 0 Å². The Balaban J connectivity index is 1.47. The molecular formula is C25H25N5O3S. The van der Waals surface area contributed by atoms with E-state index in [0.29, 0.717) is 23.3 Å². The highest BCUT2D eigenvalue weighted by Crippen LogP contribution is 2.45. The number of anilines is 1. The Labute approximate surface area is 201 Å². The van der Waals surface area contributed by atoms with E-state index in [0.717, 1.165) is 34.4 Å². The summed E-state index contributed by atoms with van der Waals surface area (Å²) in [7, 11) is 0. The average Bonchev–Trinajstić information content (AvgIpc) is 3.19. The van der Waals surface area contributed by atoms with E-state index in [-0.39, 0.29) is 22.9 Å². The number of nitro benzene ring substituents is 1. The molecule has 0 radical (unpaired) electrons. The zero-order chi connectivity index (χ0) is 24.0. The lowest BCUT2D eigenvalue weighted by Crippen LogP contribution is -2.36. The van der Waals surface area contributed by atoms with Gasteiger partial charge in [-0.2, -0.15) is 4.98 Å². The fourth-order valence-electron chi connectivity index (χ4n) is 4.57. The van der Waals surface area contributed by atoms with Crippen molar-refractivity contribution in [2.24, 2.45) is 5.41 Å². The lowest BCUT2D eigenvalue weighted by Gasteiger charge is -2.38. The number of aryl methyl sites for hydroxylation is 1. The summed E-state index contributed by atoms with van der Waals surface area (Å²) in [6.45, 7) is 6.27. The van der Waals surface area contributed by atoms with Crippen LogP contribution in [0.3, 0.4) is 0 Å². The number of hydrogen-bond acceptors (Lipinski definition) is 7. The molecule has 2 aromatic carbocycles. The van der Waals surface area contributed by atoms with Gasteiger partial charge in [0, 0.05) is 35.6 Å². The number of non-ortho nitro benzene ring substituents is 1. The van der Waals surface area contributed by atoms with Gasteiger partial charge in [-0.25, -0.2) is 4.68 Å². The van der Waals surface area contributed by atoms with Gasteiger partial charge >= 0.3 is 0 Å². The first-order valence-electron chi connectivity index (χ1n) is 11.1. The predicted octanol–water partition coefficient (Wildman–Crippen LogP) is 5.45. The lowest BCUT2D eigenvalue weighted by atomic mass is 9.73. The molecule has 0 spiro atoms. The zero-order valence-corrected chi connectivity index (χ0v) is 20.1. The van der Waals surface area contributed by atoms with Crippen LogP contribution in [0.1, 0.15) is 49.4 Å².